The third kappa shape index (κ3) is 15.1. The Bertz CT molecular complexity index is 3800. The summed E-state index contributed by atoms with van der Waals surface area (Å²) >= 11 is 17.5. The Hall–Kier alpha value is -5.99. The molecule has 0 aliphatic carbocycles. The quantitative estimate of drug-likeness (QED) is 0.0747. The largest absolute Gasteiger partial charge is 1.00 e. The van der Waals surface area contributed by atoms with Gasteiger partial charge < -0.3 is 17.0 Å². The fourth-order valence-electron chi connectivity index (χ4n) is 7.35. The van der Waals surface area contributed by atoms with Gasteiger partial charge in [0.25, 0.3) is 25.0 Å². The molecule has 0 unspecified atom stereocenters. The van der Waals surface area contributed by atoms with Crippen molar-refractivity contribution in [3.05, 3.63) is 213 Å². The minimum absolute atomic E-state index is 0. The zero-order chi connectivity index (χ0) is 52.8. The molecule has 7 aromatic heterocycles. The number of nitrogens with zero attached hydrogens (tertiary/aromatic N) is 6. The van der Waals surface area contributed by atoms with Crippen LogP contribution in [0.25, 0.3) is 33.0 Å². The molecular formula is C52H45Cl4FN9NaO5S2. The fraction of sp³-hybridized carbons (Fsp3) is 0.115. The molecule has 0 spiro atoms. The molecule has 74 heavy (non-hydrogen) atoms. The molecule has 376 valence electrons. The van der Waals surface area contributed by atoms with Gasteiger partial charge >= 0.3 is 29.6 Å². The summed E-state index contributed by atoms with van der Waals surface area (Å²) in [6.07, 6.45) is 8.23. The van der Waals surface area contributed by atoms with Crippen LogP contribution < -0.4 is 40.2 Å². The number of halogens is 5. The van der Waals surface area contributed by atoms with Crippen molar-refractivity contribution in [1.82, 2.24) is 39.2 Å². The number of aromatic amines is 1. The normalized spacial score (nSPS) is 11.6. The molecule has 0 fully saturated rings. The first kappa shape index (κ1) is 55.8. The maximum Gasteiger partial charge on any atom is 1.00 e. The summed E-state index contributed by atoms with van der Waals surface area (Å²) in [6, 6.07) is 40.5. The van der Waals surface area contributed by atoms with Crippen molar-refractivity contribution < 1.29 is 58.4 Å². The SMILES string of the molecule is Cc1nc2c(cc1CNC(=O)c1ccnc(Cc3ccc4ncc(Cl)cc4c3)c1)CCN2.Clc1ccc2cc[nH]c2n1.O=S(=O)(Cl)c1ccccc1.O=S(=O)(c1ccccc1)n1ccc2ccc(Cl)nc21.[2H]CF.[H-].[Na+]. The molecule has 10 aromatic rings. The Morgan fingerprint density at radius 2 is 1.49 bits per heavy atom. The Morgan fingerprint density at radius 1 is 0.797 bits per heavy atom. The summed E-state index contributed by atoms with van der Waals surface area (Å²) in [5, 5.41) is 10.5. The van der Waals surface area contributed by atoms with Crippen LogP contribution in [0.1, 0.15) is 41.2 Å². The van der Waals surface area contributed by atoms with Gasteiger partial charge in [0, 0.05) is 88.1 Å². The molecule has 0 atom stereocenters. The number of hydrogen-bond donors (Lipinski definition) is 3. The Labute approximate surface area is 471 Å². The van der Waals surface area contributed by atoms with Gasteiger partial charge in [-0.15, -0.1) is 0 Å². The molecule has 11 rings (SSSR count). The first-order valence-electron chi connectivity index (χ1n) is 22.6. The van der Waals surface area contributed by atoms with E-state index in [0.717, 1.165) is 72.6 Å². The van der Waals surface area contributed by atoms with Gasteiger partial charge in [0.2, 0.25) is 0 Å². The standard InChI is InChI=1S/C25H22ClN5O.C13H9ClN2O2S.C7H5ClN2.C6H5ClO2S.CH3F.Na.H/c1-15-20(10-17-4-7-28-24(17)31-15)13-30-25(32)18-5-6-27-22(12-18)9-16-2-3-23-19(8-16)11-21(26)14-29-23;14-12-7-6-10-8-9-16(13(10)15-12)19(17,18)11-4-2-1-3-5-11;8-6-2-1-5-3-4-9-7(5)10-6;7-10(8,9)6-4-2-1-3-5-6;1-2;;/h2-3,5-6,8,10-12,14H,4,7,9,13H2,1H3,(H,28,31)(H,30,32);1-9H;1-4H,(H,9,10);1-5H;1H3;;/q;;;;;+1;-1/i;;;;1D;;. The smallest absolute Gasteiger partial charge is 1.00 e. The second-order valence-electron chi connectivity index (χ2n) is 15.8. The third-order valence-electron chi connectivity index (χ3n) is 10.9. The number of hydrogen-bond acceptors (Lipinski definition) is 11. The number of carbonyl (C=O) groups is 1. The summed E-state index contributed by atoms with van der Waals surface area (Å²) in [4.78, 5) is 37.6. The molecule has 8 heterocycles. The van der Waals surface area contributed by atoms with Crippen molar-refractivity contribution in [2.45, 2.75) is 36.1 Å². The fourth-order valence-corrected chi connectivity index (χ4v) is 9.92. The molecule has 0 radical (unpaired) electrons. The second kappa shape index (κ2) is 26.5. The van der Waals surface area contributed by atoms with E-state index in [0.29, 0.717) is 34.4 Å². The number of pyridine rings is 5. The molecule has 14 nitrogen and oxygen atoms in total. The van der Waals surface area contributed by atoms with Crippen molar-refractivity contribution >= 4 is 109 Å². The molecule has 1 aliphatic heterocycles. The molecule has 1 aliphatic rings. The number of H-pyrrole nitrogens is 1. The van der Waals surface area contributed by atoms with Gasteiger partial charge in [-0.05, 0) is 127 Å². The van der Waals surface area contributed by atoms with Crippen LogP contribution >= 0.6 is 45.5 Å². The number of amides is 1. The molecule has 0 saturated carbocycles. The Morgan fingerprint density at radius 3 is 2.19 bits per heavy atom. The summed E-state index contributed by atoms with van der Waals surface area (Å²) < 4.78 is 62.8. The van der Waals surface area contributed by atoms with Crippen LogP contribution in [0, 0.1) is 6.92 Å². The van der Waals surface area contributed by atoms with Crippen molar-refractivity contribution in [2.24, 2.45) is 0 Å². The van der Waals surface area contributed by atoms with Gasteiger partial charge in [-0.1, -0.05) is 77.3 Å². The van der Waals surface area contributed by atoms with Crippen molar-refractivity contribution in [3.8, 4) is 0 Å². The second-order valence-corrected chi connectivity index (χ2v) is 21.4. The number of fused-ring (bicyclic) bond motifs is 4. The van der Waals surface area contributed by atoms with Crippen LogP contribution in [0.2, 0.25) is 15.3 Å². The molecule has 0 bridgehead atoms. The Kier molecular flexibility index (Phi) is 19.9. The maximum absolute atomic E-state index is 12.8. The number of rotatable bonds is 8. The Balaban J connectivity index is 0.000000204. The summed E-state index contributed by atoms with van der Waals surface area (Å²) in [5.74, 6) is 0.837. The van der Waals surface area contributed by atoms with Crippen LogP contribution in [0.5, 0.6) is 0 Å². The predicted molar refractivity (Wildman–Crippen MR) is 289 cm³/mol. The topological polar surface area (TPSA) is 195 Å². The van der Waals surface area contributed by atoms with E-state index in [1.54, 1.807) is 91.3 Å². The average molecular weight is 1120 g/mol. The van der Waals surface area contributed by atoms with E-state index in [1.807, 2.05) is 49.5 Å². The van der Waals surface area contributed by atoms with Crippen molar-refractivity contribution in [2.75, 3.05) is 19.0 Å². The van der Waals surface area contributed by atoms with Gasteiger partial charge in [-0.25, -0.2) is 35.8 Å². The summed E-state index contributed by atoms with van der Waals surface area (Å²) in [7, 11) is -3.14. The van der Waals surface area contributed by atoms with Gasteiger partial charge in [-0.3, -0.25) is 19.2 Å². The first-order valence-corrected chi connectivity index (χ1v) is 26.8. The zero-order valence-electron chi connectivity index (χ0n) is 41.6. The molecule has 3 aromatic carbocycles. The van der Waals surface area contributed by atoms with E-state index in [-0.39, 0.29) is 51.8 Å². The van der Waals surface area contributed by atoms with Crippen molar-refractivity contribution in [1.29, 1.82) is 0 Å². The minimum Gasteiger partial charge on any atom is -1.00 e. The molecule has 1 amide bonds. The summed E-state index contributed by atoms with van der Waals surface area (Å²) in [6.45, 7) is 3.33. The van der Waals surface area contributed by atoms with Crippen LogP contribution in [0.3, 0.4) is 0 Å². The van der Waals surface area contributed by atoms with Crippen LogP contribution in [-0.4, -0.2) is 70.3 Å². The van der Waals surface area contributed by atoms with Crippen molar-refractivity contribution in [3.63, 3.8) is 0 Å². The van der Waals surface area contributed by atoms with Crippen LogP contribution in [0.4, 0.5) is 10.2 Å². The van der Waals surface area contributed by atoms with E-state index in [1.165, 1.54) is 23.9 Å². The van der Waals surface area contributed by atoms with Gasteiger partial charge in [-0.2, -0.15) is 0 Å². The molecule has 22 heteroatoms. The van der Waals surface area contributed by atoms with E-state index in [9.17, 15) is 26.0 Å². The minimum atomic E-state index is -3.64. The summed E-state index contributed by atoms with van der Waals surface area (Å²) in [5.41, 5.74) is 7.74. The number of carbonyl (C=O) groups excluding carboxylic acids is 1. The number of aryl methyl sites for hydroxylation is 1. The van der Waals surface area contributed by atoms with Gasteiger partial charge in [0.1, 0.15) is 21.8 Å². The first-order chi connectivity index (χ1) is 35.5. The average Bonchev–Trinajstić information content (AvgIpc) is 4.17. The molecule has 3 N–H and O–H groups in total. The van der Waals surface area contributed by atoms with Gasteiger partial charge in [0.15, 0.2) is 5.65 Å². The van der Waals surface area contributed by atoms with Gasteiger partial charge in [0.05, 0.1) is 28.9 Å². The monoisotopic (exact) mass is 1120 g/mol. The number of aromatic nitrogens is 7. The van der Waals surface area contributed by atoms with Crippen LogP contribution in [-0.2, 0) is 38.5 Å². The third-order valence-corrected chi connectivity index (χ3v) is 14.5. The van der Waals surface area contributed by atoms with E-state index in [4.69, 9.17) is 46.9 Å². The molecule has 0 saturated heterocycles. The number of nitrogens with one attached hydrogen (secondary N) is 3. The molecular weight excluding hydrogens is 1080 g/mol. The van der Waals surface area contributed by atoms with E-state index in [2.05, 4.69) is 52.7 Å². The number of alkyl halides is 1. The maximum atomic E-state index is 12.8. The zero-order valence-corrected chi connectivity index (χ0v) is 46.2. The number of benzene rings is 3. The van der Waals surface area contributed by atoms with E-state index < -0.39 is 26.2 Å². The van der Waals surface area contributed by atoms with Crippen LogP contribution in [0.15, 0.2) is 174 Å². The van der Waals surface area contributed by atoms with E-state index >= 15 is 0 Å². The number of anilines is 1. The predicted octanol–water partition coefficient (Wildman–Crippen LogP) is 8.93.